The van der Waals surface area contributed by atoms with Crippen molar-refractivity contribution in [3.05, 3.63) is 59.7 Å². The number of benzene rings is 2. The lowest BCUT2D eigenvalue weighted by atomic mass is 9.88. The summed E-state index contributed by atoms with van der Waals surface area (Å²) in [6.45, 7) is 6.28. The molecule has 35 heavy (non-hydrogen) atoms. The van der Waals surface area contributed by atoms with Crippen LogP contribution in [0.15, 0.2) is 48.5 Å². The van der Waals surface area contributed by atoms with Crippen LogP contribution in [-0.2, 0) is 11.3 Å². The van der Waals surface area contributed by atoms with E-state index in [9.17, 15) is 9.90 Å². The number of esters is 1. The van der Waals surface area contributed by atoms with Crippen molar-refractivity contribution in [1.29, 1.82) is 0 Å². The minimum absolute atomic E-state index is 0. The molecule has 1 aliphatic heterocycles. The van der Waals surface area contributed by atoms with E-state index in [1.807, 2.05) is 24.3 Å². The Kier molecular flexibility index (Phi) is 13.5. The molecule has 0 aliphatic carbocycles. The number of methoxy groups -OCH3 is 1. The molecule has 1 N–H and O–H groups in total. The molecule has 0 saturated carbocycles. The smallest absolute Gasteiger partial charge is 0.337 e. The van der Waals surface area contributed by atoms with Gasteiger partial charge in [-0.15, -0.1) is 24.8 Å². The van der Waals surface area contributed by atoms with E-state index < -0.39 is 5.60 Å². The molecular weight excluding hydrogens is 487 g/mol. The number of nitrogens with zero attached hydrogens (tertiary/aromatic N) is 2. The number of ether oxygens (including phenoxy) is 2. The van der Waals surface area contributed by atoms with E-state index in [-0.39, 0.29) is 30.8 Å². The molecule has 1 saturated heterocycles. The maximum Gasteiger partial charge on any atom is 0.337 e. The van der Waals surface area contributed by atoms with Crippen molar-refractivity contribution in [2.24, 2.45) is 0 Å². The van der Waals surface area contributed by atoms with Crippen LogP contribution in [0.25, 0.3) is 0 Å². The van der Waals surface area contributed by atoms with Gasteiger partial charge in [0.05, 0.1) is 24.9 Å². The molecule has 196 valence electrons. The van der Waals surface area contributed by atoms with Gasteiger partial charge in [0.15, 0.2) is 0 Å². The standard InChI is InChI=1S/C27H38N2O4.2ClH/c1-4-5-20-33-25-12-10-24(11-13-25)28(2)17-14-27(31)15-18-29(19-16-27)21-22-6-8-23(9-7-22)26(30)32-3;;/h6-13,31H,4-5,14-21H2,1-3H3;2*1H. The molecular formula is C27H40Cl2N2O4. The Morgan fingerprint density at radius 2 is 1.69 bits per heavy atom. The Morgan fingerprint density at radius 3 is 2.26 bits per heavy atom. The molecule has 0 atom stereocenters. The Hall–Kier alpha value is -1.99. The van der Waals surface area contributed by atoms with Crippen molar-refractivity contribution in [1.82, 2.24) is 4.90 Å². The largest absolute Gasteiger partial charge is 0.494 e. The molecule has 3 rings (SSSR count). The van der Waals surface area contributed by atoms with E-state index in [2.05, 4.69) is 35.9 Å². The quantitative estimate of drug-likeness (QED) is 0.314. The van der Waals surface area contributed by atoms with Gasteiger partial charge in [-0.25, -0.2) is 4.79 Å². The highest BCUT2D eigenvalue weighted by Gasteiger charge is 2.32. The molecule has 0 amide bonds. The SMILES string of the molecule is CCCCOc1ccc(N(C)CCC2(O)CCN(Cc3ccc(C(=O)OC)cc3)CC2)cc1.Cl.Cl. The second kappa shape index (κ2) is 15.2. The molecule has 2 aromatic rings. The molecule has 0 bridgehead atoms. The number of unbranched alkanes of at least 4 members (excludes halogenated alkanes) is 1. The summed E-state index contributed by atoms with van der Waals surface area (Å²) in [4.78, 5) is 16.1. The van der Waals surface area contributed by atoms with E-state index in [0.29, 0.717) is 5.56 Å². The number of rotatable bonds is 11. The molecule has 1 aliphatic rings. The Bertz CT molecular complexity index is 870. The second-order valence-corrected chi connectivity index (χ2v) is 9.06. The van der Waals surface area contributed by atoms with Gasteiger partial charge in [0.1, 0.15) is 5.75 Å². The van der Waals surface area contributed by atoms with E-state index in [1.165, 1.54) is 7.11 Å². The van der Waals surface area contributed by atoms with Crippen LogP contribution in [0.4, 0.5) is 5.69 Å². The number of hydrogen-bond donors (Lipinski definition) is 1. The summed E-state index contributed by atoms with van der Waals surface area (Å²) < 4.78 is 10.5. The first-order chi connectivity index (χ1) is 15.9. The summed E-state index contributed by atoms with van der Waals surface area (Å²) in [5, 5.41) is 11.1. The summed E-state index contributed by atoms with van der Waals surface area (Å²) in [5.41, 5.74) is 2.24. The van der Waals surface area contributed by atoms with Gasteiger partial charge in [0.25, 0.3) is 0 Å². The van der Waals surface area contributed by atoms with E-state index >= 15 is 0 Å². The van der Waals surface area contributed by atoms with E-state index in [0.717, 1.165) is 81.9 Å². The second-order valence-electron chi connectivity index (χ2n) is 9.06. The Balaban J connectivity index is 0.00000306. The molecule has 6 nitrogen and oxygen atoms in total. The lowest BCUT2D eigenvalue weighted by molar-refractivity contribution is -0.0275. The summed E-state index contributed by atoms with van der Waals surface area (Å²) in [6, 6.07) is 15.8. The zero-order valence-corrected chi connectivity index (χ0v) is 22.7. The minimum atomic E-state index is -0.622. The number of aliphatic hydroxyl groups is 1. The van der Waals surface area contributed by atoms with E-state index in [4.69, 9.17) is 9.47 Å². The third kappa shape index (κ3) is 9.53. The van der Waals surface area contributed by atoms with Crippen molar-refractivity contribution >= 4 is 36.5 Å². The van der Waals surface area contributed by atoms with Crippen LogP contribution >= 0.6 is 24.8 Å². The number of carbonyl (C=O) groups excluding carboxylic acids is 1. The van der Waals surface area contributed by atoms with Gasteiger partial charge in [-0.1, -0.05) is 25.5 Å². The van der Waals surface area contributed by atoms with Gasteiger partial charge in [-0.2, -0.15) is 0 Å². The van der Waals surface area contributed by atoms with Crippen molar-refractivity contribution in [3.8, 4) is 5.75 Å². The van der Waals surface area contributed by atoms with Crippen molar-refractivity contribution < 1.29 is 19.4 Å². The molecule has 2 aromatic carbocycles. The molecule has 8 heteroatoms. The van der Waals surface area contributed by atoms with Crippen molar-refractivity contribution in [2.45, 2.75) is 51.2 Å². The fourth-order valence-electron chi connectivity index (χ4n) is 4.14. The summed E-state index contributed by atoms with van der Waals surface area (Å²) in [7, 11) is 3.46. The van der Waals surface area contributed by atoms with Crippen LogP contribution in [-0.4, -0.2) is 62.0 Å². The third-order valence-corrected chi connectivity index (χ3v) is 6.52. The van der Waals surface area contributed by atoms with Crippen LogP contribution in [0.5, 0.6) is 5.75 Å². The normalized spacial score (nSPS) is 14.9. The highest BCUT2D eigenvalue weighted by Crippen LogP contribution is 2.28. The summed E-state index contributed by atoms with van der Waals surface area (Å²) in [6.07, 6.45) is 4.49. The van der Waals surface area contributed by atoms with Gasteiger partial charge in [0, 0.05) is 38.9 Å². The van der Waals surface area contributed by atoms with Crippen LogP contribution in [0.3, 0.4) is 0 Å². The maximum absolute atomic E-state index is 11.6. The molecule has 1 fully saturated rings. The zero-order chi connectivity index (χ0) is 23.7. The molecule has 1 heterocycles. The predicted octanol–water partition coefficient (Wildman–Crippen LogP) is 5.35. The average Bonchev–Trinajstić information content (AvgIpc) is 2.85. The molecule has 0 spiro atoms. The number of anilines is 1. The fraction of sp³-hybridized carbons (Fsp3) is 0.519. The van der Waals surface area contributed by atoms with E-state index in [1.54, 1.807) is 12.1 Å². The first-order valence-electron chi connectivity index (χ1n) is 12.0. The average molecular weight is 528 g/mol. The van der Waals surface area contributed by atoms with Gasteiger partial charge >= 0.3 is 5.97 Å². The van der Waals surface area contributed by atoms with Gasteiger partial charge in [-0.3, -0.25) is 4.90 Å². The number of hydrogen-bond acceptors (Lipinski definition) is 6. The van der Waals surface area contributed by atoms with Crippen LogP contribution in [0, 0.1) is 0 Å². The molecule has 0 unspecified atom stereocenters. The van der Waals surface area contributed by atoms with Gasteiger partial charge < -0.3 is 19.5 Å². The minimum Gasteiger partial charge on any atom is -0.494 e. The highest BCUT2D eigenvalue weighted by atomic mass is 35.5. The monoisotopic (exact) mass is 526 g/mol. The van der Waals surface area contributed by atoms with Crippen molar-refractivity contribution in [3.63, 3.8) is 0 Å². The van der Waals surface area contributed by atoms with Crippen LogP contribution < -0.4 is 9.64 Å². The Labute approximate surface area is 222 Å². The number of likely N-dealkylation sites (tertiary alicyclic amines) is 1. The first-order valence-corrected chi connectivity index (χ1v) is 12.0. The predicted molar refractivity (Wildman–Crippen MR) is 146 cm³/mol. The highest BCUT2D eigenvalue weighted by molar-refractivity contribution is 5.89. The van der Waals surface area contributed by atoms with Crippen LogP contribution in [0.1, 0.15) is 54.9 Å². The zero-order valence-electron chi connectivity index (χ0n) is 21.1. The summed E-state index contributed by atoms with van der Waals surface area (Å²) in [5.74, 6) is 0.595. The van der Waals surface area contributed by atoms with Gasteiger partial charge in [-0.05, 0) is 67.6 Å². The number of halogens is 2. The van der Waals surface area contributed by atoms with Crippen molar-refractivity contribution in [2.75, 3.05) is 45.3 Å². The van der Waals surface area contributed by atoms with Gasteiger partial charge in [0.2, 0.25) is 0 Å². The number of piperidine rings is 1. The summed E-state index contributed by atoms with van der Waals surface area (Å²) >= 11 is 0. The third-order valence-electron chi connectivity index (χ3n) is 6.52. The lowest BCUT2D eigenvalue weighted by Gasteiger charge is -2.39. The fourth-order valence-corrected chi connectivity index (χ4v) is 4.14. The van der Waals surface area contributed by atoms with Crippen LogP contribution in [0.2, 0.25) is 0 Å². The lowest BCUT2D eigenvalue weighted by Crippen LogP contribution is -2.45. The Morgan fingerprint density at radius 1 is 1.06 bits per heavy atom. The topological polar surface area (TPSA) is 62.2 Å². The maximum atomic E-state index is 11.6. The molecule has 0 aromatic heterocycles. The first kappa shape index (κ1) is 31.0. The molecule has 0 radical (unpaired) electrons. The number of carbonyl (C=O) groups is 1.